The minimum absolute atomic E-state index is 0.248. The highest BCUT2D eigenvalue weighted by atomic mass is 32.1. The van der Waals surface area contributed by atoms with Crippen LogP contribution in [0, 0.1) is 11.3 Å². The summed E-state index contributed by atoms with van der Waals surface area (Å²) in [6, 6.07) is 1.70. The zero-order chi connectivity index (χ0) is 4.99. The summed E-state index contributed by atoms with van der Waals surface area (Å²) in [4.78, 5) is 0. The van der Waals surface area contributed by atoms with Gasteiger partial charge in [0.15, 0.2) is 0 Å². The lowest BCUT2D eigenvalue weighted by Gasteiger charge is -1.73. The Labute approximate surface area is 41.7 Å². The minimum atomic E-state index is 0.248. The third kappa shape index (κ3) is 3.38. The highest BCUT2D eigenvalue weighted by Gasteiger charge is 1.67. The van der Waals surface area contributed by atoms with E-state index in [1.807, 2.05) is 0 Å². The van der Waals surface area contributed by atoms with Gasteiger partial charge in [-0.2, -0.15) is 5.26 Å². The maximum atomic E-state index is 7.78. The van der Waals surface area contributed by atoms with Gasteiger partial charge in [0.1, 0.15) is 0 Å². The van der Waals surface area contributed by atoms with Crippen LogP contribution in [-0.4, -0.2) is 0 Å². The molecular weight excluding hydrogens is 96.1 g/mol. The smallest absolute Gasteiger partial charge is 0.0939 e. The first-order chi connectivity index (χ1) is 2.77. The highest BCUT2D eigenvalue weighted by Crippen LogP contribution is 1.83. The van der Waals surface area contributed by atoms with E-state index in [0.29, 0.717) is 0 Å². The van der Waals surface area contributed by atoms with Crippen molar-refractivity contribution in [2.75, 3.05) is 0 Å². The summed E-state index contributed by atoms with van der Waals surface area (Å²) in [6.45, 7) is 0. The van der Waals surface area contributed by atoms with Crippen molar-refractivity contribution < 1.29 is 0 Å². The first-order valence-corrected chi connectivity index (χ1v) is 1.76. The van der Waals surface area contributed by atoms with E-state index in [2.05, 4.69) is 12.6 Å². The second kappa shape index (κ2) is 2.61. The van der Waals surface area contributed by atoms with Crippen LogP contribution in [-0.2, 0) is 0 Å². The number of hydrogen-bond donors (Lipinski definition) is 2. The molecule has 3 heteroatoms. The Bertz CT molecular complexity index is 95.9. The normalized spacial score (nSPS) is 10.3. The molecule has 0 aliphatic rings. The monoisotopic (exact) mass is 100 g/mol. The van der Waals surface area contributed by atoms with Crippen molar-refractivity contribution in [3.63, 3.8) is 0 Å². The molecular formula is C3H4N2S. The van der Waals surface area contributed by atoms with E-state index in [0.717, 1.165) is 6.08 Å². The van der Waals surface area contributed by atoms with Crippen molar-refractivity contribution in [3.8, 4) is 6.07 Å². The third-order valence-electron chi connectivity index (χ3n) is 0.212. The second-order valence-electron chi connectivity index (χ2n) is 0.698. The average molecular weight is 100 g/mol. The van der Waals surface area contributed by atoms with Gasteiger partial charge in [-0.25, -0.2) is 0 Å². The van der Waals surface area contributed by atoms with E-state index in [1.165, 1.54) is 0 Å². The van der Waals surface area contributed by atoms with Crippen LogP contribution < -0.4 is 5.73 Å². The summed E-state index contributed by atoms with van der Waals surface area (Å²) in [5, 5.41) is 8.03. The fourth-order valence-corrected chi connectivity index (χ4v) is 0.124. The lowest BCUT2D eigenvalue weighted by atomic mass is 10.7. The molecule has 0 unspecified atom stereocenters. The van der Waals surface area contributed by atoms with Crippen LogP contribution in [0.3, 0.4) is 0 Å². The molecule has 0 saturated heterocycles. The van der Waals surface area contributed by atoms with Gasteiger partial charge >= 0.3 is 0 Å². The third-order valence-corrected chi connectivity index (χ3v) is 0.342. The highest BCUT2D eigenvalue weighted by molar-refractivity contribution is 7.84. The topological polar surface area (TPSA) is 49.8 Å². The molecule has 0 saturated carbocycles. The number of thiol groups is 1. The average Bonchev–Trinajstić information content (AvgIpc) is 1.35. The standard InChI is InChI=1S/C3H4N2S/c4-2-1-3(5)6/h1,6H,5H2. The number of allylic oxidation sites excluding steroid dienone is 1. The summed E-state index contributed by atoms with van der Waals surface area (Å²) in [5.74, 6) is 0. The van der Waals surface area contributed by atoms with Gasteiger partial charge in [-0.05, 0) is 0 Å². The van der Waals surface area contributed by atoms with E-state index in [1.54, 1.807) is 6.07 Å². The van der Waals surface area contributed by atoms with Crippen molar-refractivity contribution in [2.24, 2.45) is 5.73 Å². The summed E-state index contributed by atoms with van der Waals surface area (Å²) in [6.07, 6.45) is 1.16. The molecule has 32 valence electrons. The summed E-state index contributed by atoms with van der Waals surface area (Å²) in [5.41, 5.74) is 4.91. The zero-order valence-corrected chi connectivity index (χ0v) is 3.94. The van der Waals surface area contributed by atoms with Crippen molar-refractivity contribution in [1.29, 1.82) is 5.26 Å². The van der Waals surface area contributed by atoms with Gasteiger partial charge in [0.05, 0.1) is 11.1 Å². The van der Waals surface area contributed by atoms with Crippen molar-refractivity contribution in [1.82, 2.24) is 0 Å². The Morgan fingerprint density at radius 1 is 2.00 bits per heavy atom. The predicted molar refractivity (Wildman–Crippen MR) is 26.9 cm³/mol. The first-order valence-electron chi connectivity index (χ1n) is 1.31. The van der Waals surface area contributed by atoms with Crippen LogP contribution in [0.15, 0.2) is 11.1 Å². The molecule has 0 aromatic rings. The molecule has 0 aromatic heterocycles. The Hall–Kier alpha value is -0.620. The Morgan fingerprint density at radius 3 is 2.50 bits per heavy atom. The molecule has 6 heavy (non-hydrogen) atoms. The predicted octanol–water partition coefficient (Wildman–Crippen LogP) is 0.240. The van der Waals surface area contributed by atoms with E-state index in [9.17, 15) is 0 Å². The maximum absolute atomic E-state index is 7.78. The van der Waals surface area contributed by atoms with Gasteiger partial charge in [0.2, 0.25) is 0 Å². The van der Waals surface area contributed by atoms with Gasteiger partial charge in [-0.1, -0.05) is 0 Å². The van der Waals surface area contributed by atoms with Crippen molar-refractivity contribution in [3.05, 3.63) is 11.1 Å². The fourth-order valence-electron chi connectivity index (χ4n) is 0.0661. The molecule has 0 heterocycles. The van der Waals surface area contributed by atoms with Crippen LogP contribution in [0.4, 0.5) is 0 Å². The number of rotatable bonds is 0. The molecule has 0 aliphatic heterocycles. The zero-order valence-electron chi connectivity index (χ0n) is 3.05. The van der Waals surface area contributed by atoms with Crippen LogP contribution in [0.2, 0.25) is 0 Å². The van der Waals surface area contributed by atoms with Gasteiger partial charge in [0.25, 0.3) is 0 Å². The fraction of sp³-hybridized carbons (Fsp3) is 0. The molecule has 0 rings (SSSR count). The van der Waals surface area contributed by atoms with E-state index in [-0.39, 0.29) is 5.03 Å². The number of hydrogen-bond acceptors (Lipinski definition) is 3. The maximum Gasteiger partial charge on any atom is 0.0939 e. The van der Waals surface area contributed by atoms with Gasteiger partial charge in [-0.15, -0.1) is 12.6 Å². The molecule has 0 fully saturated rings. The molecule has 0 aromatic carbocycles. The lowest BCUT2D eigenvalue weighted by molar-refractivity contribution is 1.50. The summed E-state index contributed by atoms with van der Waals surface area (Å²) in [7, 11) is 0. The van der Waals surface area contributed by atoms with Gasteiger partial charge < -0.3 is 5.73 Å². The van der Waals surface area contributed by atoms with Crippen LogP contribution >= 0.6 is 12.6 Å². The van der Waals surface area contributed by atoms with Crippen molar-refractivity contribution >= 4 is 12.6 Å². The summed E-state index contributed by atoms with van der Waals surface area (Å²) < 4.78 is 0. The second-order valence-corrected chi connectivity index (χ2v) is 1.21. The molecule has 0 aliphatic carbocycles. The quantitative estimate of drug-likeness (QED) is 0.338. The number of nitriles is 1. The molecule has 0 amide bonds. The molecule has 0 spiro atoms. The number of nitrogens with zero attached hydrogens (tertiary/aromatic N) is 1. The number of nitrogens with two attached hydrogens (primary N) is 1. The Balaban J connectivity index is 3.51. The Kier molecular flexibility index (Phi) is 2.34. The molecule has 2 nitrogen and oxygen atoms in total. The van der Waals surface area contributed by atoms with E-state index in [4.69, 9.17) is 11.0 Å². The minimum Gasteiger partial charge on any atom is -0.393 e. The van der Waals surface area contributed by atoms with Crippen LogP contribution in [0.1, 0.15) is 0 Å². The molecule has 0 atom stereocenters. The van der Waals surface area contributed by atoms with Crippen LogP contribution in [0.5, 0.6) is 0 Å². The van der Waals surface area contributed by atoms with E-state index < -0.39 is 0 Å². The van der Waals surface area contributed by atoms with E-state index >= 15 is 0 Å². The lowest BCUT2D eigenvalue weighted by Crippen LogP contribution is -1.83. The van der Waals surface area contributed by atoms with Crippen LogP contribution in [0.25, 0.3) is 0 Å². The largest absolute Gasteiger partial charge is 0.393 e. The molecule has 0 bridgehead atoms. The van der Waals surface area contributed by atoms with Gasteiger partial charge in [0, 0.05) is 6.08 Å². The van der Waals surface area contributed by atoms with Gasteiger partial charge in [-0.3, -0.25) is 0 Å². The molecule has 2 N–H and O–H groups in total. The first kappa shape index (κ1) is 5.38. The SMILES string of the molecule is N#CC=C(N)S. The van der Waals surface area contributed by atoms with Crippen molar-refractivity contribution in [2.45, 2.75) is 0 Å². The molecule has 0 radical (unpaired) electrons. The Morgan fingerprint density at radius 2 is 2.50 bits per heavy atom. The summed E-state index contributed by atoms with van der Waals surface area (Å²) >= 11 is 3.59.